The van der Waals surface area contributed by atoms with E-state index in [-0.39, 0.29) is 17.9 Å². The molecule has 122 valence electrons. The Kier molecular flexibility index (Phi) is 7.09. The first-order valence-corrected chi connectivity index (χ1v) is 7.70. The van der Waals surface area contributed by atoms with Crippen LogP contribution in [0.2, 0.25) is 0 Å². The highest BCUT2D eigenvalue weighted by Gasteiger charge is 2.21. The van der Waals surface area contributed by atoms with E-state index in [9.17, 15) is 9.59 Å². The molecule has 0 spiro atoms. The molecule has 0 aliphatic carbocycles. The molecule has 0 amide bonds. The Bertz CT molecular complexity index is 474. The first kappa shape index (κ1) is 18.2. The summed E-state index contributed by atoms with van der Waals surface area (Å²) >= 11 is 0. The van der Waals surface area contributed by atoms with E-state index >= 15 is 0 Å². The van der Waals surface area contributed by atoms with Gasteiger partial charge in [0.15, 0.2) is 0 Å². The van der Waals surface area contributed by atoms with Crippen LogP contribution in [0.3, 0.4) is 0 Å². The summed E-state index contributed by atoms with van der Waals surface area (Å²) in [6.07, 6.45) is 1.56. The number of hydrogen-bond donors (Lipinski definition) is 0. The second kappa shape index (κ2) is 8.57. The van der Waals surface area contributed by atoms with Crippen molar-refractivity contribution >= 4 is 11.9 Å². The summed E-state index contributed by atoms with van der Waals surface area (Å²) in [6, 6.07) is 9.57. The van der Waals surface area contributed by atoms with Crippen molar-refractivity contribution in [3.8, 4) is 0 Å². The minimum Gasteiger partial charge on any atom is -0.461 e. The van der Waals surface area contributed by atoms with Crippen LogP contribution >= 0.6 is 0 Å². The zero-order chi connectivity index (χ0) is 16.6. The molecule has 1 rings (SSSR count). The van der Waals surface area contributed by atoms with Crippen LogP contribution < -0.4 is 0 Å². The van der Waals surface area contributed by atoms with E-state index in [0.717, 1.165) is 5.56 Å². The molecule has 0 aromatic heterocycles. The van der Waals surface area contributed by atoms with Gasteiger partial charge in [-0.2, -0.15) is 0 Å². The van der Waals surface area contributed by atoms with Crippen LogP contribution in [0.15, 0.2) is 30.3 Å². The Morgan fingerprint density at radius 2 is 1.77 bits per heavy atom. The van der Waals surface area contributed by atoms with E-state index < -0.39 is 5.60 Å². The van der Waals surface area contributed by atoms with Gasteiger partial charge < -0.3 is 9.47 Å². The van der Waals surface area contributed by atoms with Crippen LogP contribution in [0.4, 0.5) is 0 Å². The molecule has 4 heteroatoms. The predicted octanol–water partition coefficient (Wildman–Crippen LogP) is 3.88. The molecule has 1 aromatic carbocycles. The van der Waals surface area contributed by atoms with E-state index in [2.05, 4.69) is 0 Å². The third kappa shape index (κ3) is 7.81. The van der Waals surface area contributed by atoms with Gasteiger partial charge in [-0.1, -0.05) is 37.3 Å². The molecule has 0 radical (unpaired) electrons. The van der Waals surface area contributed by atoms with Crippen molar-refractivity contribution in [2.45, 2.75) is 59.2 Å². The molecule has 22 heavy (non-hydrogen) atoms. The van der Waals surface area contributed by atoms with Crippen molar-refractivity contribution in [3.05, 3.63) is 35.9 Å². The number of ether oxygens (including phenoxy) is 2. The first-order chi connectivity index (χ1) is 10.3. The molecule has 1 atom stereocenters. The Morgan fingerprint density at radius 3 is 2.36 bits per heavy atom. The number of rotatable bonds is 7. The molecule has 0 fully saturated rings. The van der Waals surface area contributed by atoms with Crippen LogP contribution in [0.5, 0.6) is 0 Å². The number of hydrogen-bond acceptors (Lipinski definition) is 4. The Labute approximate surface area is 132 Å². The maximum absolute atomic E-state index is 11.8. The molecule has 1 aromatic rings. The first-order valence-electron chi connectivity index (χ1n) is 7.70. The molecule has 0 aliphatic heterocycles. The summed E-state index contributed by atoms with van der Waals surface area (Å²) in [5.74, 6) is -0.661. The highest BCUT2D eigenvalue weighted by molar-refractivity contribution is 5.72. The van der Waals surface area contributed by atoms with Gasteiger partial charge in [-0.25, -0.2) is 0 Å². The maximum atomic E-state index is 11.8. The van der Waals surface area contributed by atoms with Crippen molar-refractivity contribution in [1.29, 1.82) is 0 Å². The third-order valence-corrected chi connectivity index (χ3v) is 3.07. The number of carbonyl (C=O) groups is 2. The summed E-state index contributed by atoms with van der Waals surface area (Å²) in [6.45, 7) is 7.65. The fourth-order valence-electron chi connectivity index (χ4n) is 1.88. The summed E-state index contributed by atoms with van der Waals surface area (Å²) in [7, 11) is 0. The Hall–Kier alpha value is -1.84. The quantitative estimate of drug-likeness (QED) is 0.717. The summed E-state index contributed by atoms with van der Waals surface area (Å²) in [5.41, 5.74) is 0.498. The lowest BCUT2D eigenvalue weighted by Crippen LogP contribution is -2.27. The Balaban J connectivity index is 2.20. The van der Waals surface area contributed by atoms with E-state index in [1.165, 1.54) is 0 Å². The second-order valence-electron chi connectivity index (χ2n) is 6.47. The number of carbonyl (C=O) groups excluding carboxylic acids is 2. The highest BCUT2D eigenvalue weighted by Crippen LogP contribution is 2.15. The molecule has 0 aliphatic rings. The van der Waals surface area contributed by atoms with Crippen molar-refractivity contribution in [1.82, 2.24) is 0 Å². The highest BCUT2D eigenvalue weighted by atomic mass is 16.6. The average Bonchev–Trinajstić information content (AvgIpc) is 2.44. The van der Waals surface area contributed by atoms with Crippen LogP contribution in [-0.2, 0) is 25.7 Å². The minimum absolute atomic E-state index is 0.207. The van der Waals surface area contributed by atoms with E-state index in [1.54, 1.807) is 0 Å². The number of esters is 2. The smallest absolute Gasteiger partial charge is 0.309 e. The second-order valence-corrected chi connectivity index (χ2v) is 6.47. The summed E-state index contributed by atoms with van der Waals surface area (Å²) < 4.78 is 10.5. The van der Waals surface area contributed by atoms with Crippen LogP contribution in [0, 0.1) is 5.92 Å². The van der Waals surface area contributed by atoms with E-state index in [1.807, 2.05) is 58.0 Å². The van der Waals surface area contributed by atoms with Gasteiger partial charge in [0, 0.05) is 6.42 Å². The molecule has 1 unspecified atom stereocenters. The maximum Gasteiger partial charge on any atom is 0.309 e. The topological polar surface area (TPSA) is 52.6 Å². The predicted molar refractivity (Wildman–Crippen MR) is 85.1 cm³/mol. The summed E-state index contributed by atoms with van der Waals surface area (Å²) in [4.78, 5) is 23.5. The SMILES string of the molecule is CC(CCCC(=O)OCc1ccccc1)C(=O)OC(C)(C)C. The molecule has 0 saturated carbocycles. The molecular formula is C18H26O4. The molecule has 0 heterocycles. The third-order valence-electron chi connectivity index (χ3n) is 3.07. The van der Waals surface area contributed by atoms with Crippen LogP contribution in [0.1, 0.15) is 52.5 Å². The Morgan fingerprint density at radius 1 is 1.14 bits per heavy atom. The lowest BCUT2D eigenvalue weighted by molar-refractivity contribution is -0.160. The van der Waals surface area contributed by atoms with Gasteiger partial charge in [-0.3, -0.25) is 9.59 Å². The number of benzene rings is 1. The molecule has 4 nitrogen and oxygen atoms in total. The molecule has 0 bridgehead atoms. The normalized spacial score (nSPS) is 12.5. The molecule has 0 N–H and O–H groups in total. The lowest BCUT2D eigenvalue weighted by Gasteiger charge is -2.22. The van der Waals surface area contributed by atoms with Gasteiger partial charge in [0.05, 0.1) is 5.92 Å². The van der Waals surface area contributed by atoms with Crippen molar-refractivity contribution in [2.24, 2.45) is 5.92 Å². The molecular weight excluding hydrogens is 280 g/mol. The van der Waals surface area contributed by atoms with Gasteiger partial charge >= 0.3 is 11.9 Å². The van der Waals surface area contributed by atoms with Crippen LogP contribution in [-0.4, -0.2) is 17.5 Å². The lowest BCUT2D eigenvalue weighted by atomic mass is 10.0. The van der Waals surface area contributed by atoms with Gasteiger partial charge in [0.2, 0.25) is 0 Å². The van der Waals surface area contributed by atoms with Gasteiger partial charge in [0.25, 0.3) is 0 Å². The van der Waals surface area contributed by atoms with Crippen molar-refractivity contribution in [3.63, 3.8) is 0 Å². The van der Waals surface area contributed by atoms with Crippen LogP contribution in [0.25, 0.3) is 0 Å². The van der Waals surface area contributed by atoms with Crippen molar-refractivity contribution < 1.29 is 19.1 Å². The minimum atomic E-state index is -0.472. The zero-order valence-electron chi connectivity index (χ0n) is 13.9. The van der Waals surface area contributed by atoms with Crippen molar-refractivity contribution in [2.75, 3.05) is 0 Å². The van der Waals surface area contributed by atoms with E-state index in [0.29, 0.717) is 25.9 Å². The van der Waals surface area contributed by atoms with Gasteiger partial charge in [0.1, 0.15) is 12.2 Å². The van der Waals surface area contributed by atoms with Gasteiger partial charge in [-0.15, -0.1) is 0 Å². The fraction of sp³-hybridized carbons (Fsp3) is 0.556. The van der Waals surface area contributed by atoms with E-state index in [4.69, 9.17) is 9.47 Å². The fourth-order valence-corrected chi connectivity index (χ4v) is 1.88. The average molecular weight is 306 g/mol. The zero-order valence-corrected chi connectivity index (χ0v) is 13.9. The largest absolute Gasteiger partial charge is 0.461 e. The summed E-state index contributed by atoms with van der Waals surface area (Å²) in [5, 5.41) is 0. The monoisotopic (exact) mass is 306 g/mol. The molecule has 0 saturated heterocycles. The standard InChI is InChI=1S/C18H26O4/c1-14(17(20)22-18(2,3)4)9-8-12-16(19)21-13-15-10-6-5-7-11-15/h5-7,10-11,14H,8-9,12-13H2,1-4H3. The van der Waals surface area contributed by atoms with Gasteiger partial charge in [-0.05, 0) is 39.2 Å².